The van der Waals surface area contributed by atoms with E-state index in [-0.39, 0.29) is 0 Å². The van der Waals surface area contributed by atoms with E-state index in [0.717, 1.165) is 23.8 Å². The molecular formula is C11H19N3OS. The van der Waals surface area contributed by atoms with Crippen molar-refractivity contribution in [3.05, 3.63) is 18.5 Å². The van der Waals surface area contributed by atoms with Crippen LogP contribution in [0.1, 0.15) is 26.2 Å². The van der Waals surface area contributed by atoms with Gasteiger partial charge < -0.3 is 10.8 Å². The molecule has 0 radical (unpaired) electrons. The van der Waals surface area contributed by atoms with Crippen LogP contribution in [0.5, 0.6) is 0 Å². The number of nitrogens with two attached hydrogens (primary N) is 1. The summed E-state index contributed by atoms with van der Waals surface area (Å²) in [6.07, 6.45) is 5.83. The minimum atomic E-state index is -0.696. The minimum absolute atomic E-state index is 0.329. The zero-order valence-corrected chi connectivity index (χ0v) is 10.4. The lowest BCUT2D eigenvalue weighted by Crippen LogP contribution is -2.36. The molecule has 0 aliphatic carbocycles. The first-order chi connectivity index (χ1) is 7.70. The van der Waals surface area contributed by atoms with Gasteiger partial charge in [0.1, 0.15) is 0 Å². The van der Waals surface area contributed by atoms with Crippen molar-refractivity contribution in [2.45, 2.75) is 36.9 Å². The van der Waals surface area contributed by atoms with Crippen LogP contribution in [0.2, 0.25) is 0 Å². The topological polar surface area (TPSA) is 72.0 Å². The van der Waals surface area contributed by atoms with E-state index in [9.17, 15) is 5.11 Å². The van der Waals surface area contributed by atoms with E-state index in [1.807, 2.05) is 6.92 Å². The Morgan fingerprint density at radius 1 is 1.44 bits per heavy atom. The molecule has 0 saturated carbocycles. The number of aromatic nitrogens is 2. The molecule has 1 rings (SSSR count). The fraction of sp³-hybridized carbons (Fsp3) is 0.636. The molecule has 0 aliphatic rings. The van der Waals surface area contributed by atoms with E-state index in [2.05, 4.69) is 9.97 Å². The van der Waals surface area contributed by atoms with Crippen LogP contribution in [-0.2, 0) is 0 Å². The predicted octanol–water partition coefficient (Wildman–Crippen LogP) is 1.45. The Hall–Kier alpha value is -0.650. The Morgan fingerprint density at radius 2 is 2.12 bits per heavy atom. The zero-order valence-electron chi connectivity index (χ0n) is 9.59. The van der Waals surface area contributed by atoms with Crippen LogP contribution in [0.4, 0.5) is 0 Å². The number of rotatable bonds is 7. The molecule has 0 bridgehead atoms. The first kappa shape index (κ1) is 13.4. The second kappa shape index (κ2) is 6.83. The molecule has 5 heteroatoms. The van der Waals surface area contributed by atoms with Gasteiger partial charge in [0.25, 0.3) is 0 Å². The fourth-order valence-corrected chi connectivity index (χ4v) is 2.09. The van der Waals surface area contributed by atoms with E-state index < -0.39 is 5.60 Å². The highest BCUT2D eigenvalue weighted by Crippen LogP contribution is 2.19. The van der Waals surface area contributed by atoms with Crippen LogP contribution in [0.25, 0.3) is 0 Å². The van der Waals surface area contributed by atoms with Gasteiger partial charge in [0.05, 0.1) is 5.60 Å². The molecule has 1 heterocycles. The van der Waals surface area contributed by atoms with Crippen molar-refractivity contribution in [2.75, 3.05) is 12.3 Å². The first-order valence-corrected chi connectivity index (χ1v) is 6.51. The predicted molar refractivity (Wildman–Crippen MR) is 66.3 cm³/mol. The van der Waals surface area contributed by atoms with Gasteiger partial charge in [0, 0.05) is 24.7 Å². The summed E-state index contributed by atoms with van der Waals surface area (Å²) in [5.41, 5.74) is 4.83. The highest BCUT2D eigenvalue weighted by atomic mass is 32.2. The largest absolute Gasteiger partial charge is 0.389 e. The molecule has 4 nitrogen and oxygen atoms in total. The number of aliphatic hydroxyl groups is 1. The standard InChI is InChI=1S/C11H19N3OS/c1-2-11(15,9-12)5-3-8-16-10-13-6-4-7-14-10/h4,6-7,15H,2-3,5,8-9,12H2,1H3. The molecule has 1 aromatic rings. The zero-order chi connectivity index (χ0) is 11.9. The fourth-order valence-electron chi connectivity index (χ4n) is 1.35. The van der Waals surface area contributed by atoms with Crippen LogP contribution < -0.4 is 5.73 Å². The average Bonchev–Trinajstić information content (AvgIpc) is 2.36. The summed E-state index contributed by atoms with van der Waals surface area (Å²) in [5.74, 6) is 0.909. The van der Waals surface area contributed by atoms with Crippen LogP contribution >= 0.6 is 11.8 Å². The number of nitrogens with zero attached hydrogens (tertiary/aromatic N) is 2. The summed E-state index contributed by atoms with van der Waals surface area (Å²) in [5, 5.41) is 10.7. The monoisotopic (exact) mass is 241 g/mol. The van der Waals surface area contributed by atoms with Gasteiger partial charge >= 0.3 is 0 Å². The van der Waals surface area contributed by atoms with E-state index in [0.29, 0.717) is 13.0 Å². The SMILES string of the molecule is CCC(O)(CN)CCCSc1ncccn1. The molecule has 3 N–H and O–H groups in total. The third-order valence-electron chi connectivity index (χ3n) is 2.60. The van der Waals surface area contributed by atoms with Crippen molar-refractivity contribution in [2.24, 2.45) is 5.73 Å². The van der Waals surface area contributed by atoms with Crippen molar-refractivity contribution in [3.8, 4) is 0 Å². The molecule has 1 unspecified atom stereocenters. The molecule has 0 saturated heterocycles. The quantitative estimate of drug-likeness (QED) is 0.429. The first-order valence-electron chi connectivity index (χ1n) is 5.52. The molecule has 0 spiro atoms. The van der Waals surface area contributed by atoms with Gasteiger partial charge in [-0.3, -0.25) is 0 Å². The van der Waals surface area contributed by atoms with Crippen molar-refractivity contribution in [3.63, 3.8) is 0 Å². The summed E-state index contributed by atoms with van der Waals surface area (Å²) >= 11 is 1.61. The maximum absolute atomic E-state index is 9.96. The molecular weight excluding hydrogens is 222 g/mol. The van der Waals surface area contributed by atoms with Gasteiger partial charge in [-0.05, 0) is 25.3 Å². The van der Waals surface area contributed by atoms with Gasteiger partial charge in [-0.15, -0.1) is 0 Å². The molecule has 1 aromatic heterocycles. The number of hydrogen-bond donors (Lipinski definition) is 2. The van der Waals surface area contributed by atoms with Gasteiger partial charge in [0.2, 0.25) is 0 Å². The Bertz CT molecular complexity index is 291. The summed E-state index contributed by atoms with van der Waals surface area (Å²) in [4.78, 5) is 8.24. The highest BCUT2D eigenvalue weighted by Gasteiger charge is 2.21. The maximum Gasteiger partial charge on any atom is 0.187 e. The second-order valence-corrected chi connectivity index (χ2v) is 4.83. The Kier molecular flexibility index (Phi) is 5.73. The molecule has 0 aliphatic heterocycles. The summed E-state index contributed by atoms with van der Waals surface area (Å²) in [6.45, 7) is 2.29. The average molecular weight is 241 g/mol. The van der Waals surface area contributed by atoms with Crippen molar-refractivity contribution in [1.29, 1.82) is 0 Å². The van der Waals surface area contributed by atoms with E-state index in [4.69, 9.17) is 5.73 Å². The van der Waals surface area contributed by atoms with Crippen LogP contribution in [0.3, 0.4) is 0 Å². The molecule has 90 valence electrons. The number of thioether (sulfide) groups is 1. The van der Waals surface area contributed by atoms with Crippen molar-refractivity contribution >= 4 is 11.8 Å². The van der Waals surface area contributed by atoms with Crippen molar-refractivity contribution < 1.29 is 5.11 Å². The van der Waals surface area contributed by atoms with Crippen LogP contribution in [-0.4, -0.2) is 33.0 Å². The van der Waals surface area contributed by atoms with E-state index >= 15 is 0 Å². The maximum atomic E-state index is 9.96. The van der Waals surface area contributed by atoms with Crippen LogP contribution in [0, 0.1) is 0 Å². The van der Waals surface area contributed by atoms with Gasteiger partial charge in [0.15, 0.2) is 5.16 Å². The normalized spacial score (nSPS) is 14.7. The van der Waals surface area contributed by atoms with Crippen LogP contribution in [0.15, 0.2) is 23.6 Å². The molecule has 0 amide bonds. The third-order valence-corrected chi connectivity index (χ3v) is 3.56. The summed E-state index contributed by atoms with van der Waals surface area (Å²) in [6, 6.07) is 1.80. The Morgan fingerprint density at radius 3 is 2.69 bits per heavy atom. The molecule has 16 heavy (non-hydrogen) atoms. The smallest absolute Gasteiger partial charge is 0.187 e. The summed E-state index contributed by atoms with van der Waals surface area (Å²) in [7, 11) is 0. The highest BCUT2D eigenvalue weighted by molar-refractivity contribution is 7.99. The molecule has 0 fully saturated rings. The summed E-state index contributed by atoms with van der Waals surface area (Å²) < 4.78 is 0. The van der Waals surface area contributed by atoms with Crippen molar-refractivity contribution in [1.82, 2.24) is 9.97 Å². The van der Waals surface area contributed by atoms with E-state index in [1.54, 1.807) is 30.2 Å². The minimum Gasteiger partial charge on any atom is -0.389 e. The lowest BCUT2D eigenvalue weighted by molar-refractivity contribution is 0.0360. The molecule has 0 aromatic carbocycles. The molecule has 1 atom stereocenters. The second-order valence-electron chi connectivity index (χ2n) is 3.77. The Labute approximate surface area is 101 Å². The van der Waals surface area contributed by atoms with E-state index in [1.165, 1.54) is 0 Å². The third kappa shape index (κ3) is 4.47. The van der Waals surface area contributed by atoms with Gasteiger partial charge in [-0.2, -0.15) is 0 Å². The number of hydrogen-bond acceptors (Lipinski definition) is 5. The lowest BCUT2D eigenvalue weighted by Gasteiger charge is -2.24. The van der Waals surface area contributed by atoms with Gasteiger partial charge in [-0.25, -0.2) is 9.97 Å². The lowest BCUT2D eigenvalue weighted by atomic mass is 9.95. The van der Waals surface area contributed by atoms with Gasteiger partial charge in [-0.1, -0.05) is 18.7 Å². The Balaban J connectivity index is 2.22.